The number of benzodiazepines with no additional fused rings is 1. The molecule has 0 aromatic heterocycles. The predicted molar refractivity (Wildman–Crippen MR) is 101 cm³/mol. The molecular formula is C18H18N4O2S. The number of hydrogen-bond donors (Lipinski definition) is 4. The fourth-order valence-electron chi connectivity index (χ4n) is 2.51. The lowest BCUT2D eigenvalue weighted by molar-refractivity contribution is -0.126. The van der Waals surface area contributed by atoms with Gasteiger partial charge in [0.2, 0.25) is 12.1 Å². The first-order chi connectivity index (χ1) is 12.1. The monoisotopic (exact) mass is 354 g/mol. The number of rotatable bonds is 4. The van der Waals surface area contributed by atoms with Crippen LogP contribution in [0.5, 0.6) is 0 Å². The van der Waals surface area contributed by atoms with Gasteiger partial charge in [-0.2, -0.15) is 12.6 Å². The van der Waals surface area contributed by atoms with E-state index in [2.05, 4.69) is 28.3 Å². The maximum atomic E-state index is 12.5. The molecule has 3 rings (SSSR count). The number of anilines is 1. The van der Waals surface area contributed by atoms with Crippen molar-refractivity contribution in [3.63, 3.8) is 0 Å². The van der Waals surface area contributed by atoms with E-state index in [0.29, 0.717) is 11.4 Å². The zero-order valence-electron chi connectivity index (χ0n) is 13.3. The van der Waals surface area contributed by atoms with Gasteiger partial charge in [-0.15, -0.1) is 0 Å². The van der Waals surface area contributed by atoms with E-state index in [-0.39, 0.29) is 5.75 Å². The molecule has 0 spiro atoms. The Hall–Kier alpha value is -2.64. The van der Waals surface area contributed by atoms with Gasteiger partial charge in [0.25, 0.3) is 5.91 Å². The summed E-state index contributed by atoms with van der Waals surface area (Å²) >= 11 is 4.01. The number of para-hydroxylation sites is 1. The lowest BCUT2D eigenvalue weighted by Crippen LogP contribution is -2.49. The number of nitrogens with zero attached hydrogens (tertiary/aromatic N) is 1. The summed E-state index contributed by atoms with van der Waals surface area (Å²) in [7, 11) is 0. The van der Waals surface area contributed by atoms with Gasteiger partial charge in [-0.1, -0.05) is 48.5 Å². The number of fused-ring (bicyclic) bond motifs is 1. The van der Waals surface area contributed by atoms with Gasteiger partial charge in [-0.3, -0.25) is 9.59 Å². The van der Waals surface area contributed by atoms with E-state index in [4.69, 9.17) is 5.73 Å². The molecule has 2 aromatic rings. The van der Waals surface area contributed by atoms with Crippen molar-refractivity contribution in [1.29, 1.82) is 0 Å². The molecule has 0 bridgehead atoms. The third kappa shape index (κ3) is 3.72. The van der Waals surface area contributed by atoms with Crippen LogP contribution < -0.4 is 16.4 Å². The third-order valence-corrected chi connectivity index (χ3v) is 4.20. The van der Waals surface area contributed by atoms with Crippen LogP contribution in [0.25, 0.3) is 0 Å². The molecule has 128 valence electrons. The molecule has 1 unspecified atom stereocenters. The minimum Gasteiger partial charge on any atom is -0.325 e. The van der Waals surface area contributed by atoms with Crippen molar-refractivity contribution in [3.05, 3.63) is 65.7 Å². The first-order valence-electron chi connectivity index (χ1n) is 7.80. The Balaban J connectivity index is 2.04. The van der Waals surface area contributed by atoms with Crippen molar-refractivity contribution < 1.29 is 9.59 Å². The van der Waals surface area contributed by atoms with Crippen LogP contribution >= 0.6 is 12.6 Å². The Morgan fingerprint density at radius 2 is 1.88 bits per heavy atom. The van der Waals surface area contributed by atoms with E-state index < -0.39 is 24.0 Å². The number of nitrogens with two attached hydrogens (primary N) is 1. The summed E-state index contributed by atoms with van der Waals surface area (Å²) in [5.41, 5.74) is 8.59. The Bertz CT molecular complexity index is 823. The Labute approximate surface area is 150 Å². The van der Waals surface area contributed by atoms with Crippen LogP contribution in [0, 0.1) is 0 Å². The van der Waals surface area contributed by atoms with Crippen LogP contribution in [0.2, 0.25) is 0 Å². The normalized spacial score (nSPS) is 17.6. The van der Waals surface area contributed by atoms with E-state index in [0.717, 1.165) is 11.1 Å². The molecule has 1 aliphatic rings. The molecule has 2 amide bonds. The van der Waals surface area contributed by atoms with Crippen molar-refractivity contribution >= 4 is 35.8 Å². The van der Waals surface area contributed by atoms with Crippen molar-refractivity contribution in [3.8, 4) is 0 Å². The first-order valence-corrected chi connectivity index (χ1v) is 8.43. The Morgan fingerprint density at radius 3 is 2.60 bits per heavy atom. The standard InChI is InChI=1S/C18H18N4O2S/c19-13(10-25)17(23)22-16-18(24)20-14-9-5-4-8-12(14)15(21-16)11-6-2-1-3-7-11/h1-9,13,16,25H,10,19H2,(H,20,24)(H,22,23)/t13-,16?/m1/s1. The topological polar surface area (TPSA) is 96.6 Å². The van der Waals surface area contributed by atoms with E-state index in [1.165, 1.54) is 0 Å². The molecule has 0 saturated heterocycles. The second kappa shape index (κ2) is 7.50. The van der Waals surface area contributed by atoms with E-state index in [9.17, 15) is 9.59 Å². The molecule has 1 heterocycles. The lowest BCUT2D eigenvalue weighted by atomic mass is 10.0. The van der Waals surface area contributed by atoms with Crippen LogP contribution in [0.3, 0.4) is 0 Å². The average Bonchev–Trinajstić information content (AvgIpc) is 2.78. The van der Waals surface area contributed by atoms with Crippen molar-refractivity contribution in [2.45, 2.75) is 12.2 Å². The summed E-state index contributed by atoms with van der Waals surface area (Å²) in [4.78, 5) is 29.1. The number of carbonyl (C=O) groups is 2. The number of aliphatic imine (C=N–C) groups is 1. The minimum atomic E-state index is -1.07. The third-order valence-electron chi connectivity index (χ3n) is 3.81. The average molecular weight is 354 g/mol. The molecule has 0 fully saturated rings. The van der Waals surface area contributed by atoms with E-state index in [1.807, 2.05) is 48.5 Å². The summed E-state index contributed by atoms with van der Waals surface area (Å²) in [6.07, 6.45) is -1.07. The maximum Gasteiger partial charge on any atom is 0.269 e. The van der Waals surface area contributed by atoms with Gasteiger partial charge in [0.05, 0.1) is 17.4 Å². The number of amides is 2. The number of hydrogen-bond acceptors (Lipinski definition) is 5. The smallest absolute Gasteiger partial charge is 0.269 e. The molecule has 2 aromatic carbocycles. The highest BCUT2D eigenvalue weighted by Gasteiger charge is 2.28. The Morgan fingerprint density at radius 1 is 1.20 bits per heavy atom. The zero-order chi connectivity index (χ0) is 17.8. The van der Waals surface area contributed by atoms with Crippen molar-refractivity contribution in [2.75, 3.05) is 11.1 Å². The summed E-state index contributed by atoms with van der Waals surface area (Å²) in [5, 5.41) is 5.39. The molecule has 0 saturated carbocycles. The molecule has 0 radical (unpaired) electrons. The van der Waals surface area contributed by atoms with E-state index >= 15 is 0 Å². The first kappa shape index (κ1) is 17.2. The number of carbonyl (C=O) groups excluding carboxylic acids is 2. The molecule has 6 nitrogen and oxygen atoms in total. The molecular weight excluding hydrogens is 336 g/mol. The molecule has 7 heteroatoms. The molecule has 25 heavy (non-hydrogen) atoms. The predicted octanol–water partition coefficient (Wildman–Crippen LogP) is 1.18. The summed E-state index contributed by atoms with van der Waals surface area (Å²) < 4.78 is 0. The van der Waals surface area contributed by atoms with Crippen LogP contribution in [-0.4, -0.2) is 35.5 Å². The van der Waals surface area contributed by atoms with E-state index in [1.54, 1.807) is 6.07 Å². The summed E-state index contributed by atoms with van der Waals surface area (Å²) in [6.45, 7) is 0. The number of nitrogens with one attached hydrogen (secondary N) is 2. The lowest BCUT2D eigenvalue weighted by Gasteiger charge is -2.15. The van der Waals surface area contributed by atoms with Crippen molar-refractivity contribution in [2.24, 2.45) is 10.7 Å². The number of thiol groups is 1. The van der Waals surface area contributed by atoms with Crippen LogP contribution in [0.4, 0.5) is 5.69 Å². The van der Waals surface area contributed by atoms with Crippen LogP contribution in [0.1, 0.15) is 11.1 Å². The van der Waals surface area contributed by atoms with Gasteiger partial charge in [0.15, 0.2) is 0 Å². The summed E-state index contributed by atoms with van der Waals surface area (Å²) in [5.74, 6) is -0.717. The van der Waals surface area contributed by atoms with Crippen LogP contribution in [0.15, 0.2) is 59.6 Å². The fraction of sp³-hybridized carbons (Fsp3) is 0.167. The highest BCUT2D eigenvalue weighted by molar-refractivity contribution is 7.80. The SMILES string of the molecule is N[C@H](CS)C(=O)NC1N=C(c2ccccc2)c2ccccc2NC1=O. The molecule has 4 N–H and O–H groups in total. The highest BCUT2D eigenvalue weighted by Crippen LogP contribution is 2.23. The highest BCUT2D eigenvalue weighted by atomic mass is 32.1. The van der Waals surface area contributed by atoms with Crippen LogP contribution in [-0.2, 0) is 9.59 Å². The second-order valence-corrected chi connectivity index (χ2v) is 5.94. The Kier molecular flexibility index (Phi) is 5.16. The second-order valence-electron chi connectivity index (χ2n) is 5.58. The molecule has 1 aliphatic heterocycles. The van der Waals surface area contributed by atoms with Crippen molar-refractivity contribution in [1.82, 2.24) is 5.32 Å². The number of benzene rings is 2. The molecule has 0 aliphatic carbocycles. The minimum absolute atomic E-state index is 0.176. The largest absolute Gasteiger partial charge is 0.325 e. The van der Waals surface area contributed by atoms with Gasteiger partial charge < -0.3 is 16.4 Å². The van der Waals surface area contributed by atoms with Gasteiger partial charge in [-0.25, -0.2) is 4.99 Å². The van der Waals surface area contributed by atoms with Gasteiger partial charge in [0, 0.05) is 16.9 Å². The molecule has 2 atom stereocenters. The fourth-order valence-corrected chi connectivity index (χ4v) is 2.67. The quantitative estimate of drug-likeness (QED) is 0.621. The van der Waals surface area contributed by atoms with Gasteiger partial charge >= 0.3 is 0 Å². The summed E-state index contributed by atoms with van der Waals surface area (Å²) in [6, 6.07) is 16.1. The zero-order valence-corrected chi connectivity index (χ0v) is 14.2. The van der Waals surface area contributed by atoms with Gasteiger partial charge in [0.1, 0.15) is 0 Å². The maximum absolute atomic E-state index is 12.5. The van der Waals surface area contributed by atoms with Gasteiger partial charge in [-0.05, 0) is 6.07 Å².